The fourth-order valence-corrected chi connectivity index (χ4v) is 2.19. The van der Waals surface area contributed by atoms with Crippen LogP contribution in [0, 0.1) is 0 Å². The molecule has 0 bridgehead atoms. The van der Waals surface area contributed by atoms with Gasteiger partial charge < -0.3 is 14.0 Å². The van der Waals surface area contributed by atoms with E-state index in [2.05, 4.69) is 34.8 Å². The molecular formula is C15H30N2O5S. The summed E-state index contributed by atoms with van der Waals surface area (Å²) in [7, 11) is -2.30. The molecule has 1 atom stereocenters. The molecule has 0 N–H and O–H groups in total. The molecule has 0 fully saturated rings. The van der Waals surface area contributed by atoms with E-state index in [1.54, 1.807) is 13.8 Å². The van der Waals surface area contributed by atoms with Gasteiger partial charge in [0.05, 0.1) is 18.8 Å². The third-order valence-electron chi connectivity index (χ3n) is 3.09. The fourth-order valence-electron chi connectivity index (χ4n) is 1.76. The Labute approximate surface area is 140 Å². The van der Waals surface area contributed by atoms with Gasteiger partial charge in [-0.3, -0.25) is 0 Å². The van der Waals surface area contributed by atoms with Crippen molar-refractivity contribution in [2.45, 2.75) is 58.6 Å². The molecule has 1 unspecified atom stereocenters. The zero-order valence-corrected chi connectivity index (χ0v) is 15.6. The SMILES string of the molecule is CCCCn1cc[n+](C)c1.CCOC(OCC)C(C)S(=O)(=O)[O-]. The molecule has 0 aliphatic heterocycles. The van der Waals surface area contributed by atoms with Gasteiger partial charge >= 0.3 is 0 Å². The molecule has 23 heavy (non-hydrogen) atoms. The summed E-state index contributed by atoms with van der Waals surface area (Å²) in [5.41, 5.74) is 0. The molecule has 136 valence electrons. The van der Waals surface area contributed by atoms with E-state index in [4.69, 9.17) is 9.47 Å². The number of unbranched alkanes of at least 4 members (excludes halogenated alkanes) is 1. The fraction of sp³-hybridized carbons (Fsp3) is 0.800. The van der Waals surface area contributed by atoms with Crippen molar-refractivity contribution in [2.75, 3.05) is 13.2 Å². The number of aromatic nitrogens is 2. The van der Waals surface area contributed by atoms with Gasteiger partial charge in [-0.1, -0.05) is 13.3 Å². The van der Waals surface area contributed by atoms with Crippen molar-refractivity contribution in [3.63, 3.8) is 0 Å². The normalized spacial score (nSPS) is 12.8. The van der Waals surface area contributed by atoms with Crippen LogP contribution in [0.5, 0.6) is 0 Å². The number of imidazole rings is 1. The lowest BCUT2D eigenvalue weighted by Crippen LogP contribution is -2.35. The number of nitrogens with zero attached hydrogens (tertiary/aromatic N) is 2. The van der Waals surface area contributed by atoms with Crippen molar-refractivity contribution in [3.8, 4) is 0 Å². The van der Waals surface area contributed by atoms with Crippen molar-refractivity contribution in [2.24, 2.45) is 7.05 Å². The van der Waals surface area contributed by atoms with E-state index in [1.165, 1.54) is 19.8 Å². The quantitative estimate of drug-likeness (QED) is 0.382. The predicted octanol–water partition coefficient (Wildman–Crippen LogP) is 1.43. The standard InChI is InChI=1S/C8H15N2.C7H16O5S/c1-3-4-5-10-7-6-9(2)8-10;1-4-11-7(12-5-2)6(3)13(8,9)10/h6-8H,3-5H2,1-2H3;6-7H,4-5H2,1-3H3,(H,8,9,10)/q+1;/p-1. The average molecular weight is 350 g/mol. The highest BCUT2D eigenvalue weighted by Crippen LogP contribution is 2.09. The molecule has 1 aromatic heterocycles. The first-order valence-corrected chi connectivity index (χ1v) is 9.42. The first-order valence-electron chi connectivity index (χ1n) is 7.95. The van der Waals surface area contributed by atoms with Gasteiger partial charge in [-0.25, -0.2) is 17.6 Å². The molecule has 0 aromatic carbocycles. The first kappa shape index (κ1) is 22.0. The minimum absolute atomic E-state index is 0.310. The van der Waals surface area contributed by atoms with Crippen LogP contribution in [0.2, 0.25) is 0 Å². The Kier molecular flexibility index (Phi) is 11.1. The molecule has 0 saturated heterocycles. The summed E-state index contributed by atoms with van der Waals surface area (Å²) in [6, 6.07) is 0. The lowest BCUT2D eigenvalue weighted by molar-refractivity contribution is -0.671. The second kappa shape index (κ2) is 11.6. The van der Waals surface area contributed by atoms with Crippen molar-refractivity contribution in [1.82, 2.24) is 4.57 Å². The number of aryl methyl sites for hydroxylation is 2. The minimum Gasteiger partial charge on any atom is -0.748 e. The summed E-state index contributed by atoms with van der Waals surface area (Å²) in [5, 5.41) is -1.17. The maximum atomic E-state index is 10.6. The van der Waals surface area contributed by atoms with Gasteiger partial charge in [0.1, 0.15) is 22.5 Å². The summed E-state index contributed by atoms with van der Waals surface area (Å²) in [4.78, 5) is 0. The largest absolute Gasteiger partial charge is 0.748 e. The minimum atomic E-state index is -4.35. The van der Waals surface area contributed by atoms with Crippen LogP contribution in [0.3, 0.4) is 0 Å². The van der Waals surface area contributed by atoms with Crippen LogP contribution >= 0.6 is 0 Å². The van der Waals surface area contributed by atoms with E-state index in [0.29, 0.717) is 13.2 Å². The smallest absolute Gasteiger partial charge is 0.243 e. The molecule has 0 saturated carbocycles. The van der Waals surface area contributed by atoms with E-state index < -0.39 is 21.7 Å². The summed E-state index contributed by atoms with van der Waals surface area (Å²) in [6.07, 6.45) is 7.86. The average Bonchev–Trinajstić information content (AvgIpc) is 2.89. The molecule has 0 spiro atoms. The van der Waals surface area contributed by atoms with Gasteiger partial charge in [0.15, 0.2) is 6.29 Å². The second-order valence-electron chi connectivity index (χ2n) is 5.15. The Morgan fingerprint density at radius 2 is 1.78 bits per heavy atom. The number of rotatable bonds is 9. The van der Waals surface area contributed by atoms with E-state index >= 15 is 0 Å². The molecule has 1 aromatic rings. The topological polar surface area (TPSA) is 84.5 Å². The van der Waals surface area contributed by atoms with E-state index in [1.807, 2.05) is 7.05 Å². The van der Waals surface area contributed by atoms with Crippen LogP contribution in [0.1, 0.15) is 40.5 Å². The monoisotopic (exact) mass is 350 g/mol. The van der Waals surface area contributed by atoms with Crippen molar-refractivity contribution >= 4 is 10.1 Å². The lowest BCUT2D eigenvalue weighted by atomic mass is 10.3. The van der Waals surface area contributed by atoms with Gasteiger partial charge in [0.25, 0.3) is 0 Å². The van der Waals surface area contributed by atoms with Crippen LogP contribution in [-0.2, 0) is 33.2 Å². The highest BCUT2D eigenvalue weighted by Gasteiger charge is 2.23. The third-order valence-corrected chi connectivity index (χ3v) is 4.23. The van der Waals surface area contributed by atoms with Crippen LogP contribution in [0.15, 0.2) is 18.7 Å². The Morgan fingerprint density at radius 3 is 2.13 bits per heavy atom. The van der Waals surface area contributed by atoms with E-state index in [9.17, 15) is 13.0 Å². The molecule has 0 amide bonds. The third kappa shape index (κ3) is 9.70. The maximum absolute atomic E-state index is 10.6. The van der Waals surface area contributed by atoms with Crippen LogP contribution in [-0.4, -0.2) is 42.3 Å². The van der Waals surface area contributed by atoms with Crippen LogP contribution in [0.4, 0.5) is 0 Å². The number of ether oxygens (including phenoxy) is 2. The van der Waals surface area contributed by atoms with Crippen molar-refractivity contribution in [3.05, 3.63) is 18.7 Å². The Hall–Kier alpha value is -0.960. The first-order chi connectivity index (χ1) is 10.8. The zero-order valence-electron chi connectivity index (χ0n) is 14.8. The zero-order chi connectivity index (χ0) is 17.9. The molecule has 1 heterocycles. The number of hydrogen-bond donors (Lipinski definition) is 0. The molecular weight excluding hydrogens is 320 g/mol. The molecule has 0 aliphatic rings. The lowest BCUT2D eigenvalue weighted by Gasteiger charge is -2.25. The van der Waals surface area contributed by atoms with Crippen LogP contribution in [0.25, 0.3) is 0 Å². The highest BCUT2D eigenvalue weighted by molar-refractivity contribution is 7.86. The van der Waals surface area contributed by atoms with E-state index in [0.717, 1.165) is 6.54 Å². The second-order valence-corrected chi connectivity index (χ2v) is 6.88. The Balaban J connectivity index is 0.000000433. The highest BCUT2D eigenvalue weighted by atomic mass is 32.2. The van der Waals surface area contributed by atoms with Gasteiger partial charge in [-0.2, -0.15) is 0 Å². The Morgan fingerprint density at radius 1 is 1.22 bits per heavy atom. The van der Waals surface area contributed by atoms with Gasteiger partial charge in [-0.05, 0) is 27.2 Å². The van der Waals surface area contributed by atoms with Crippen molar-refractivity contribution < 1.29 is 27.0 Å². The summed E-state index contributed by atoms with van der Waals surface area (Å²) in [6.45, 7) is 8.67. The molecule has 7 nitrogen and oxygen atoms in total. The molecule has 8 heteroatoms. The van der Waals surface area contributed by atoms with Crippen LogP contribution < -0.4 is 4.57 Å². The molecule has 1 rings (SSSR count). The predicted molar refractivity (Wildman–Crippen MR) is 86.7 cm³/mol. The molecule has 0 radical (unpaired) electrons. The van der Waals surface area contributed by atoms with Gasteiger partial charge in [0.2, 0.25) is 6.33 Å². The van der Waals surface area contributed by atoms with Gasteiger partial charge in [-0.15, -0.1) is 0 Å². The number of hydrogen-bond acceptors (Lipinski definition) is 5. The van der Waals surface area contributed by atoms with Crippen molar-refractivity contribution in [1.29, 1.82) is 0 Å². The van der Waals surface area contributed by atoms with Gasteiger partial charge in [0, 0.05) is 13.2 Å². The summed E-state index contributed by atoms with van der Waals surface area (Å²) in [5.74, 6) is 0. The van der Waals surface area contributed by atoms with E-state index in [-0.39, 0.29) is 0 Å². The Bertz CT molecular complexity index is 510. The summed E-state index contributed by atoms with van der Waals surface area (Å²) < 4.78 is 46.0. The summed E-state index contributed by atoms with van der Waals surface area (Å²) >= 11 is 0. The molecule has 0 aliphatic carbocycles. The maximum Gasteiger partial charge on any atom is 0.243 e.